The number of carboxylic acids is 1. The number of aliphatic carboxylic acids is 1. The third kappa shape index (κ3) is 4.32. The number of nitrogens with one attached hydrogen (secondary N) is 1. The molecule has 0 spiro atoms. The molecule has 1 rings (SSSR count). The zero-order chi connectivity index (χ0) is 12.8. The van der Waals surface area contributed by atoms with Gasteiger partial charge in [-0.15, -0.1) is 0 Å². The Labute approximate surface area is 101 Å². The molecule has 1 fully saturated rings. The van der Waals surface area contributed by atoms with Gasteiger partial charge in [-0.3, -0.25) is 9.59 Å². The molecule has 0 heterocycles. The lowest BCUT2D eigenvalue weighted by Crippen LogP contribution is -2.45. The average molecular weight is 244 g/mol. The van der Waals surface area contributed by atoms with E-state index >= 15 is 0 Å². The van der Waals surface area contributed by atoms with Gasteiger partial charge in [0.25, 0.3) is 0 Å². The minimum atomic E-state index is -0.787. The number of carbonyl (C=O) groups is 2. The SMILES string of the molecule is COCCC(N)C(=O)N[C@H]1CC[C@@H](C(=O)O)C1. The van der Waals surface area contributed by atoms with Gasteiger partial charge < -0.3 is 20.9 Å². The van der Waals surface area contributed by atoms with Crippen LogP contribution in [0.2, 0.25) is 0 Å². The first-order chi connectivity index (χ1) is 8.04. The van der Waals surface area contributed by atoms with Crippen LogP contribution >= 0.6 is 0 Å². The van der Waals surface area contributed by atoms with Crippen LogP contribution < -0.4 is 11.1 Å². The number of hydrogen-bond donors (Lipinski definition) is 3. The quantitative estimate of drug-likeness (QED) is 0.596. The third-order valence-electron chi connectivity index (χ3n) is 3.10. The molecule has 1 aliphatic carbocycles. The largest absolute Gasteiger partial charge is 0.481 e. The molecule has 1 unspecified atom stereocenters. The molecule has 0 aliphatic heterocycles. The lowest BCUT2D eigenvalue weighted by Gasteiger charge is -2.16. The molecule has 98 valence electrons. The highest BCUT2D eigenvalue weighted by Crippen LogP contribution is 2.25. The van der Waals surface area contributed by atoms with Gasteiger partial charge in [-0.1, -0.05) is 0 Å². The molecule has 0 radical (unpaired) electrons. The van der Waals surface area contributed by atoms with Gasteiger partial charge >= 0.3 is 5.97 Å². The average Bonchev–Trinajstić information content (AvgIpc) is 2.74. The van der Waals surface area contributed by atoms with Gasteiger partial charge in [0.2, 0.25) is 5.91 Å². The first-order valence-electron chi connectivity index (χ1n) is 5.82. The van der Waals surface area contributed by atoms with Crippen LogP contribution in [-0.4, -0.2) is 42.8 Å². The van der Waals surface area contributed by atoms with E-state index in [1.807, 2.05) is 0 Å². The van der Waals surface area contributed by atoms with Gasteiger partial charge in [0.1, 0.15) is 0 Å². The van der Waals surface area contributed by atoms with Crippen LogP contribution in [0.4, 0.5) is 0 Å². The first kappa shape index (κ1) is 13.9. The van der Waals surface area contributed by atoms with E-state index in [4.69, 9.17) is 15.6 Å². The van der Waals surface area contributed by atoms with Crippen LogP contribution in [0.3, 0.4) is 0 Å². The van der Waals surface area contributed by atoms with Gasteiger partial charge in [0.15, 0.2) is 0 Å². The predicted octanol–water partition coefficient (Wildman–Crippen LogP) is -0.280. The summed E-state index contributed by atoms with van der Waals surface area (Å²) >= 11 is 0. The van der Waals surface area contributed by atoms with Crippen molar-refractivity contribution >= 4 is 11.9 Å². The maximum atomic E-state index is 11.6. The van der Waals surface area contributed by atoms with Crippen LogP contribution in [0.15, 0.2) is 0 Å². The number of nitrogens with two attached hydrogens (primary N) is 1. The van der Waals surface area contributed by atoms with Crippen molar-refractivity contribution in [1.82, 2.24) is 5.32 Å². The Morgan fingerprint density at radius 1 is 1.53 bits per heavy atom. The number of methoxy groups -OCH3 is 1. The maximum absolute atomic E-state index is 11.6. The molecule has 6 nitrogen and oxygen atoms in total. The van der Waals surface area contributed by atoms with Gasteiger partial charge in [-0.25, -0.2) is 0 Å². The Kier molecular flexibility index (Phi) is 5.37. The van der Waals surface area contributed by atoms with Crippen LogP contribution in [0, 0.1) is 5.92 Å². The van der Waals surface area contributed by atoms with Gasteiger partial charge in [-0.05, 0) is 25.7 Å². The van der Waals surface area contributed by atoms with Gasteiger partial charge in [-0.2, -0.15) is 0 Å². The van der Waals surface area contributed by atoms with E-state index < -0.39 is 12.0 Å². The number of amides is 1. The van der Waals surface area contributed by atoms with Crippen LogP contribution in [0.25, 0.3) is 0 Å². The van der Waals surface area contributed by atoms with Crippen molar-refractivity contribution in [2.45, 2.75) is 37.8 Å². The molecule has 4 N–H and O–H groups in total. The van der Waals surface area contributed by atoms with E-state index in [1.54, 1.807) is 7.11 Å². The van der Waals surface area contributed by atoms with Crippen LogP contribution in [0.5, 0.6) is 0 Å². The van der Waals surface area contributed by atoms with Crippen molar-refractivity contribution in [2.75, 3.05) is 13.7 Å². The summed E-state index contributed by atoms with van der Waals surface area (Å²) in [6.45, 7) is 0.441. The Hall–Kier alpha value is -1.14. The molecule has 0 saturated heterocycles. The van der Waals surface area contributed by atoms with Crippen LogP contribution in [0.1, 0.15) is 25.7 Å². The van der Waals surface area contributed by atoms with Gasteiger partial charge in [0.05, 0.1) is 12.0 Å². The fourth-order valence-electron chi connectivity index (χ4n) is 2.02. The molecule has 0 bridgehead atoms. The molecular formula is C11H20N2O4. The smallest absolute Gasteiger partial charge is 0.306 e. The summed E-state index contributed by atoms with van der Waals surface area (Å²) in [5, 5.41) is 11.6. The van der Waals surface area contributed by atoms with Crippen molar-refractivity contribution in [3.05, 3.63) is 0 Å². The van der Waals surface area contributed by atoms with Gasteiger partial charge in [0, 0.05) is 19.8 Å². The fourth-order valence-corrected chi connectivity index (χ4v) is 2.02. The Balaban J connectivity index is 2.30. The van der Waals surface area contributed by atoms with E-state index in [9.17, 15) is 9.59 Å². The van der Waals surface area contributed by atoms with Crippen molar-refractivity contribution in [3.8, 4) is 0 Å². The molecule has 0 aromatic heterocycles. The predicted molar refractivity (Wildman–Crippen MR) is 61.4 cm³/mol. The van der Waals surface area contributed by atoms with Crippen molar-refractivity contribution in [3.63, 3.8) is 0 Å². The van der Waals surface area contributed by atoms with Crippen LogP contribution in [-0.2, 0) is 14.3 Å². The summed E-state index contributed by atoms with van der Waals surface area (Å²) < 4.78 is 4.84. The lowest BCUT2D eigenvalue weighted by molar-refractivity contribution is -0.141. The third-order valence-corrected chi connectivity index (χ3v) is 3.10. The fraction of sp³-hybridized carbons (Fsp3) is 0.818. The molecule has 3 atom stereocenters. The van der Waals surface area contributed by atoms with E-state index in [1.165, 1.54) is 0 Å². The number of carboxylic acid groups (broad SMARTS) is 1. The summed E-state index contributed by atoms with van der Waals surface area (Å²) in [5.74, 6) is -1.35. The Bertz CT molecular complexity index is 283. The molecule has 1 amide bonds. The highest BCUT2D eigenvalue weighted by molar-refractivity contribution is 5.82. The summed E-state index contributed by atoms with van der Waals surface area (Å²) in [6, 6.07) is -0.643. The number of rotatable bonds is 6. The van der Waals surface area contributed by atoms with E-state index in [0.717, 1.165) is 0 Å². The number of hydrogen-bond acceptors (Lipinski definition) is 4. The maximum Gasteiger partial charge on any atom is 0.306 e. The lowest BCUT2D eigenvalue weighted by atomic mass is 10.1. The molecule has 0 aromatic rings. The molecular weight excluding hydrogens is 224 g/mol. The first-order valence-corrected chi connectivity index (χ1v) is 5.82. The van der Waals surface area contributed by atoms with Crippen molar-refractivity contribution in [2.24, 2.45) is 11.7 Å². The minimum absolute atomic E-state index is 0.0582. The molecule has 1 aliphatic rings. The topological polar surface area (TPSA) is 102 Å². The normalized spacial score (nSPS) is 25.5. The molecule has 6 heteroatoms. The summed E-state index contributed by atoms with van der Waals surface area (Å²) in [7, 11) is 1.55. The number of carbonyl (C=O) groups excluding carboxylic acids is 1. The van der Waals surface area contributed by atoms with E-state index in [2.05, 4.69) is 5.32 Å². The zero-order valence-corrected chi connectivity index (χ0v) is 10.0. The second-order valence-corrected chi connectivity index (χ2v) is 4.44. The monoisotopic (exact) mass is 244 g/mol. The second kappa shape index (κ2) is 6.56. The van der Waals surface area contributed by atoms with Crippen molar-refractivity contribution < 1.29 is 19.4 Å². The van der Waals surface area contributed by atoms with Crippen molar-refractivity contribution in [1.29, 1.82) is 0 Å². The summed E-state index contributed by atoms with van der Waals surface area (Å²) in [5.41, 5.74) is 5.67. The second-order valence-electron chi connectivity index (χ2n) is 4.44. The molecule has 1 saturated carbocycles. The Morgan fingerprint density at radius 2 is 2.24 bits per heavy atom. The summed E-state index contributed by atoms with van der Waals surface area (Å²) in [4.78, 5) is 22.4. The molecule has 17 heavy (non-hydrogen) atoms. The Morgan fingerprint density at radius 3 is 2.76 bits per heavy atom. The standard InChI is InChI=1S/C11H20N2O4/c1-17-5-4-9(12)10(14)13-8-3-2-7(6-8)11(15)16/h7-9H,2-6,12H2,1H3,(H,13,14)(H,15,16)/t7-,8+,9?/m1/s1. The minimum Gasteiger partial charge on any atom is -0.481 e. The number of ether oxygens (including phenoxy) is 1. The van der Waals surface area contributed by atoms with E-state index in [-0.39, 0.29) is 17.9 Å². The zero-order valence-electron chi connectivity index (χ0n) is 10.0. The highest BCUT2D eigenvalue weighted by atomic mass is 16.5. The van der Waals surface area contributed by atoms with E-state index in [0.29, 0.717) is 32.3 Å². The highest BCUT2D eigenvalue weighted by Gasteiger charge is 2.31. The molecule has 0 aromatic carbocycles. The summed E-state index contributed by atoms with van der Waals surface area (Å²) in [6.07, 6.45) is 2.29.